The number of H-pyrrole nitrogens is 1. The number of aromatic amines is 1. The van der Waals surface area contributed by atoms with Crippen LogP contribution in [0.25, 0.3) is 10.9 Å². The zero-order valence-electron chi connectivity index (χ0n) is 9.87. The lowest BCUT2D eigenvalue weighted by Crippen LogP contribution is -2.10. The zero-order valence-corrected chi connectivity index (χ0v) is 9.87. The molecule has 0 aliphatic rings. The normalized spacial score (nSPS) is 10.7. The standard InChI is InChI=1S/C13H16N2O/c1-4-9-7-13(16)11-8-10(15(2)3)5-6-12(11)14-9/h5-8H,4H2,1-3H3,(H,14,16). The van der Waals surface area contributed by atoms with Gasteiger partial charge in [-0.25, -0.2) is 0 Å². The van der Waals surface area contributed by atoms with Crippen molar-refractivity contribution in [3.05, 3.63) is 40.2 Å². The average Bonchev–Trinajstić information content (AvgIpc) is 2.28. The molecule has 0 unspecified atom stereocenters. The van der Waals surface area contributed by atoms with Crippen LogP contribution in [0.15, 0.2) is 29.1 Å². The second-order valence-corrected chi connectivity index (χ2v) is 4.14. The Labute approximate surface area is 94.7 Å². The second kappa shape index (κ2) is 4.00. The lowest BCUT2D eigenvalue weighted by Gasteiger charge is -2.13. The van der Waals surface area contributed by atoms with E-state index in [4.69, 9.17) is 0 Å². The third-order valence-electron chi connectivity index (χ3n) is 2.77. The molecule has 16 heavy (non-hydrogen) atoms. The fourth-order valence-electron chi connectivity index (χ4n) is 1.76. The minimum atomic E-state index is 0.0919. The van der Waals surface area contributed by atoms with Gasteiger partial charge in [0.25, 0.3) is 0 Å². The molecule has 2 rings (SSSR count). The molecule has 0 saturated carbocycles. The van der Waals surface area contributed by atoms with Gasteiger partial charge in [-0.2, -0.15) is 0 Å². The van der Waals surface area contributed by atoms with Crippen LogP contribution in [0, 0.1) is 0 Å². The van der Waals surface area contributed by atoms with Crippen LogP contribution in [-0.4, -0.2) is 19.1 Å². The monoisotopic (exact) mass is 216 g/mol. The van der Waals surface area contributed by atoms with Gasteiger partial charge in [0.1, 0.15) is 0 Å². The molecule has 0 amide bonds. The van der Waals surface area contributed by atoms with E-state index < -0.39 is 0 Å². The molecule has 1 aromatic carbocycles. The Bertz CT molecular complexity index is 570. The van der Waals surface area contributed by atoms with Crippen molar-refractivity contribution in [1.82, 2.24) is 4.98 Å². The molecule has 1 N–H and O–H groups in total. The van der Waals surface area contributed by atoms with Crippen molar-refractivity contribution < 1.29 is 0 Å². The fraction of sp³-hybridized carbons (Fsp3) is 0.308. The molecular formula is C13H16N2O. The number of nitrogens with zero attached hydrogens (tertiary/aromatic N) is 1. The first-order valence-electron chi connectivity index (χ1n) is 5.45. The third kappa shape index (κ3) is 1.81. The number of anilines is 1. The summed E-state index contributed by atoms with van der Waals surface area (Å²) in [6.07, 6.45) is 0.848. The highest BCUT2D eigenvalue weighted by Crippen LogP contribution is 2.17. The van der Waals surface area contributed by atoms with Crippen molar-refractivity contribution in [1.29, 1.82) is 0 Å². The summed E-state index contributed by atoms with van der Waals surface area (Å²) >= 11 is 0. The van der Waals surface area contributed by atoms with Crippen LogP contribution in [-0.2, 0) is 6.42 Å². The lowest BCUT2D eigenvalue weighted by atomic mass is 10.1. The van der Waals surface area contributed by atoms with Gasteiger partial charge in [0.2, 0.25) is 0 Å². The summed E-state index contributed by atoms with van der Waals surface area (Å²) < 4.78 is 0. The van der Waals surface area contributed by atoms with E-state index in [1.807, 2.05) is 44.1 Å². The Balaban J connectivity index is 2.71. The van der Waals surface area contributed by atoms with Crippen molar-refractivity contribution in [2.45, 2.75) is 13.3 Å². The van der Waals surface area contributed by atoms with Gasteiger partial charge in [-0.3, -0.25) is 4.79 Å². The molecule has 0 atom stereocenters. The minimum Gasteiger partial charge on any atom is -0.378 e. The smallest absolute Gasteiger partial charge is 0.189 e. The predicted molar refractivity (Wildman–Crippen MR) is 68.3 cm³/mol. The molecule has 0 bridgehead atoms. The number of benzene rings is 1. The minimum absolute atomic E-state index is 0.0919. The molecule has 3 nitrogen and oxygen atoms in total. The number of pyridine rings is 1. The maximum atomic E-state index is 11.9. The van der Waals surface area contributed by atoms with Crippen molar-refractivity contribution in [2.24, 2.45) is 0 Å². The number of aromatic nitrogens is 1. The van der Waals surface area contributed by atoms with E-state index in [1.165, 1.54) is 0 Å². The first-order chi connectivity index (χ1) is 7.61. The van der Waals surface area contributed by atoms with Crippen molar-refractivity contribution >= 4 is 16.6 Å². The van der Waals surface area contributed by atoms with Crippen LogP contribution in [0.2, 0.25) is 0 Å². The van der Waals surface area contributed by atoms with Crippen molar-refractivity contribution in [2.75, 3.05) is 19.0 Å². The molecule has 84 valence electrons. The van der Waals surface area contributed by atoms with Crippen LogP contribution >= 0.6 is 0 Å². The number of hydrogen-bond donors (Lipinski definition) is 1. The lowest BCUT2D eigenvalue weighted by molar-refractivity contribution is 1.05. The van der Waals surface area contributed by atoms with Crippen LogP contribution in [0.1, 0.15) is 12.6 Å². The topological polar surface area (TPSA) is 36.1 Å². The molecule has 1 heterocycles. The van der Waals surface area contributed by atoms with Crippen LogP contribution in [0.5, 0.6) is 0 Å². The van der Waals surface area contributed by atoms with Gasteiger partial charge in [0, 0.05) is 42.4 Å². The summed E-state index contributed by atoms with van der Waals surface area (Å²) in [5, 5.41) is 0.753. The highest BCUT2D eigenvalue weighted by Gasteiger charge is 2.03. The molecule has 0 fully saturated rings. The van der Waals surface area contributed by atoms with E-state index in [-0.39, 0.29) is 5.43 Å². The predicted octanol–water partition coefficient (Wildman–Crippen LogP) is 2.16. The number of nitrogens with one attached hydrogen (secondary N) is 1. The SMILES string of the molecule is CCc1cc(=O)c2cc(N(C)C)ccc2[nH]1. The summed E-state index contributed by atoms with van der Waals surface area (Å²) in [4.78, 5) is 17.2. The largest absolute Gasteiger partial charge is 0.378 e. The molecular weight excluding hydrogens is 200 g/mol. The van der Waals surface area contributed by atoms with Gasteiger partial charge in [-0.15, -0.1) is 0 Å². The molecule has 2 aromatic rings. The van der Waals surface area contributed by atoms with Gasteiger partial charge in [0.05, 0.1) is 0 Å². The Morgan fingerprint density at radius 2 is 2.00 bits per heavy atom. The van der Waals surface area contributed by atoms with Crippen LogP contribution in [0.4, 0.5) is 5.69 Å². The van der Waals surface area contributed by atoms with Crippen LogP contribution in [0.3, 0.4) is 0 Å². The van der Waals surface area contributed by atoms with Crippen molar-refractivity contribution in [3.63, 3.8) is 0 Å². The van der Waals surface area contributed by atoms with E-state index in [9.17, 15) is 4.79 Å². The molecule has 3 heteroatoms. The quantitative estimate of drug-likeness (QED) is 0.835. The van der Waals surface area contributed by atoms with Gasteiger partial charge < -0.3 is 9.88 Å². The maximum absolute atomic E-state index is 11.9. The Morgan fingerprint density at radius 3 is 2.62 bits per heavy atom. The Morgan fingerprint density at radius 1 is 1.25 bits per heavy atom. The van der Waals surface area contributed by atoms with E-state index in [2.05, 4.69) is 4.98 Å². The highest BCUT2D eigenvalue weighted by atomic mass is 16.1. The summed E-state index contributed by atoms with van der Waals surface area (Å²) in [5.74, 6) is 0. The molecule has 0 radical (unpaired) electrons. The van der Waals surface area contributed by atoms with Crippen LogP contribution < -0.4 is 10.3 Å². The fourth-order valence-corrected chi connectivity index (χ4v) is 1.76. The number of aryl methyl sites for hydroxylation is 1. The Kier molecular flexibility index (Phi) is 2.69. The van der Waals surface area contributed by atoms with Gasteiger partial charge in [0.15, 0.2) is 5.43 Å². The second-order valence-electron chi connectivity index (χ2n) is 4.14. The third-order valence-corrected chi connectivity index (χ3v) is 2.77. The van der Waals surface area contributed by atoms with E-state index in [0.29, 0.717) is 0 Å². The zero-order chi connectivity index (χ0) is 11.7. The number of fused-ring (bicyclic) bond motifs is 1. The van der Waals surface area contributed by atoms with Crippen molar-refractivity contribution in [3.8, 4) is 0 Å². The summed E-state index contributed by atoms with van der Waals surface area (Å²) in [7, 11) is 3.94. The number of hydrogen-bond acceptors (Lipinski definition) is 2. The average molecular weight is 216 g/mol. The number of rotatable bonds is 2. The summed E-state index contributed by atoms with van der Waals surface area (Å²) in [6.45, 7) is 2.03. The molecule has 1 aromatic heterocycles. The molecule has 0 aliphatic heterocycles. The maximum Gasteiger partial charge on any atom is 0.189 e. The highest BCUT2D eigenvalue weighted by molar-refractivity contribution is 5.82. The molecule has 0 saturated heterocycles. The van der Waals surface area contributed by atoms with Gasteiger partial charge >= 0.3 is 0 Å². The Hall–Kier alpha value is -1.77. The van der Waals surface area contributed by atoms with E-state index >= 15 is 0 Å². The van der Waals surface area contributed by atoms with E-state index in [1.54, 1.807) is 6.07 Å². The van der Waals surface area contributed by atoms with E-state index in [0.717, 1.165) is 28.7 Å². The molecule has 0 aliphatic carbocycles. The molecule has 0 spiro atoms. The first-order valence-corrected chi connectivity index (χ1v) is 5.45. The first kappa shape index (κ1) is 10.7. The summed E-state index contributed by atoms with van der Waals surface area (Å²) in [5.41, 5.74) is 3.03. The van der Waals surface area contributed by atoms with Gasteiger partial charge in [-0.05, 0) is 24.6 Å². The van der Waals surface area contributed by atoms with Gasteiger partial charge in [-0.1, -0.05) is 6.92 Å². The summed E-state index contributed by atoms with van der Waals surface area (Å²) in [6, 6.07) is 7.58.